The minimum absolute atomic E-state index is 0.0124. The van der Waals surface area contributed by atoms with Gasteiger partial charge in [-0.05, 0) is 71.4 Å². The summed E-state index contributed by atoms with van der Waals surface area (Å²) in [6, 6.07) is 15.7. The fourth-order valence-electron chi connectivity index (χ4n) is 3.45. The largest absolute Gasteiger partial charge is 0.497 e. The number of nitrogens with one attached hydrogen (secondary N) is 1. The summed E-state index contributed by atoms with van der Waals surface area (Å²) in [5.74, 6) is -0.494. The van der Waals surface area contributed by atoms with Crippen LogP contribution in [0, 0.1) is 0 Å². The Morgan fingerprint density at radius 3 is 2.49 bits per heavy atom. The summed E-state index contributed by atoms with van der Waals surface area (Å²) in [6.07, 6.45) is -2.97. The number of halogens is 4. The van der Waals surface area contributed by atoms with Gasteiger partial charge in [0.2, 0.25) is 0 Å². The van der Waals surface area contributed by atoms with E-state index in [4.69, 9.17) is 16.3 Å². The first kappa shape index (κ1) is 26.3. The van der Waals surface area contributed by atoms with Crippen molar-refractivity contribution < 1.29 is 32.3 Å². The van der Waals surface area contributed by atoms with Crippen LogP contribution >= 0.6 is 23.4 Å². The van der Waals surface area contributed by atoms with E-state index in [1.54, 1.807) is 42.5 Å². The van der Waals surface area contributed by atoms with Gasteiger partial charge in [-0.25, -0.2) is 0 Å². The molecule has 37 heavy (non-hydrogen) atoms. The van der Waals surface area contributed by atoms with Gasteiger partial charge in [-0.1, -0.05) is 35.9 Å². The molecule has 0 spiro atoms. The molecule has 4 rings (SSSR count). The van der Waals surface area contributed by atoms with Crippen molar-refractivity contribution in [3.63, 3.8) is 0 Å². The molecule has 1 aliphatic rings. The smallest absolute Gasteiger partial charge is 0.416 e. The number of thioether (sulfide) groups is 1. The van der Waals surface area contributed by atoms with E-state index in [9.17, 15) is 27.6 Å². The lowest BCUT2D eigenvalue weighted by Crippen LogP contribution is -2.27. The highest BCUT2D eigenvalue weighted by atomic mass is 35.5. The molecule has 3 aromatic rings. The molecule has 1 aliphatic heterocycles. The minimum Gasteiger partial charge on any atom is -0.497 e. The van der Waals surface area contributed by atoms with E-state index >= 15 is 0 Å². The Labute approximate surface area is 219 Å². The van der Waals surface area contributed by atoms with E-state index in [1.165, 1.54) is 19.2 Å². The lowest BCUT2D eigenvalue weighted by atomic mass is 10.1. The second kappa shape index (κ2) is 10.7. The molecule has 1 heterocycles. The standard InChI is InChI=1S/C26H18ClF3N2O4S/c1-36-19-4-2-3-16(11-19)12-22-24(34)32(25(35)37-22)14-15-5-7-17(8-6-15)23(33)31-21-13-18(26(28,29)30)9-10-20(21)27/h2-13H,14H2,1H3,(H,31,33)/b22-12-. The average Bonchev–Trinajstić information content (AvgIpc) is 3.12. The first-order chi connectivity index (χ1) is 17.5. The molecule has 0 aliphatic carbocycles. The molecule has 0 bridgehead atoms. The van der Waals surface area contributed by atoms with Crippen molar-refractivity contribution >= 4 is 52.2 Å². The van der Waals surface area contributed by atoms with E-state index in [0.29, 0.717) is 16.9 Å². The normalized spacial score (nSPS) is 14.8. The summed E-state index contributed by atoms with van der Waals surface area (Å²) in [6.45, 7) is -0.0124. The molecule has 3 aromatic carbocycles. The Hall–Kier alpha value is -3.76. The highest BCUT2D eigenvalue weighted by molar-refractivity contribution is 8.18. The van der Waals surface area contributed by atoms with Crippen molar-refractivity contribution in [2.75, 3.05) is 12.4 Å². The van der Waals surface area contributed by atoms with Gasteiger partial charge in [0.25, 0.3) is 17.1 Å². The lowest BCUT2D eigenvalue weighted by Gasteiger charge is -2.13. The van der Waals surface area contributed by atoms with Crippen molar-refractivity contribution in [3.05, 3.63) is 98.9 Å². The van der Waals surface area contributed by atoms with Gasteiger partial charge >= 0.3 is 6.18 Å². The van der Waals surface area contributed by atoms with Crippen molar-refractivity contribution in [2.24, 2.45) is 0 Å². The maximum atomic E-state index is 13.0. The number of nitrogens with zero attached hydrogens (tertiary/aromatic N) is 1. The molecule has 3 amide bonds. The van der Waals surface area contributed by atoms with Crippen molar-refractivity contribution in [2.45, 2.75) is 12.7 Å². The van der Waals surface area contributed by atoms with Gasteiger partial charge in [0.15, 0.2) is 0 Å². The summed E-state index contributed by atoms with van der Waals surface area (Å²) < 4.78 is 44.1. The van der Waals surface area contributed by atoms with Gasteiger partial charge in [-0.2, -0.15) is 13.2 Å². The quantitative estimate of drug-likeness (QED) is 0.342. The summed E-state index contributed by atoms with van der Waals surface area (Å²) in [4.78, 5) is 39.2. The molecule has 6 nitrogen and oxygen atoms in total. The topological polar surface area (TPSA) is 75.7 Å². The summed E-state index contributed by atoms with van der Waals surface area (Å²) in [7, 11) is 1.53. The van der Waals surface area contributed by atoms with Crippen LogP contribution in [0.5, 0.6) is 5.75 Å². The molecule has 1 fully saturated rings. The number of ether oxygens (including phenoxy) is 1. The number of alkyl halides is 3. The monoisotopic (exact) mass is 546 g/mol. The second-order valence-corrected chi connectivity index (χ2v) is 9.29. The highest BCUT2D eigenvalue weighted by Gasteiger charge is 2.35. The molecule has 190 valence electrons. The van der Waals surface area contributed by atoms with Crippen LogP contribution in [0.1, 0.15) is 27.0 Å². The van der Waals surface area contributed by atoms with Crippen LogP contribution in [0.25, 0.3) is 6.08 Å². The molecule has 0 atom stereocenters. The Morgan fingerprint density at radius 2 is 1.81 bits per heavy atom. The number of imide groups is 1. The van der Waals surface area contributed by atoms with Gasteiger partial charge in [0, 0.05) is 5.56 Å². The number of hydrogen-bond acceptors (Lipinski definition) is 5. The van der Waals surface area contributed by atoms with Crippen LogP contribution in [0.3, 0.4) is 0 Å². The predicted molar refractivity (Wildman–Crippen MR) is 135 cm³/mol. The average molecular weight is 547 g/mol. The molecule has 1 N–H and O–H groups in total. The van der Waals surface area contributed by atoms with Crippen LogP contribution in [-0.2, 0) is 17.5 Å². The van der Waals surface area contributed by atoms with E-state index < -0.39 is 28.8 Å². The number of rotatable bonds is 6. The second-order valence-electron chi connectivity index (χ2n) is 7.89. The van der Waals surface area contributed by atoms with Gasteiger partial charge < -0.3 is 10.1 Å². The van der Waals surface area contributed by atoms with Crippen LogP contribution in [0.4, 0.5) is 23.7 Å². The Balaban J connectivity index is 1.44. The molecular weight excluding hydrogens is 529 g/mol. The highest BCUT2D eigenvalue weighted by Crippen LogP contribution is 2.35. The fourth-order valence-corrected chi connectivity index (χ4v) is 4.46. The van der Waals surface area contributed by atoms with Crippen LogP contribution in [0.2, 0.25) is 5.02 Å². The first-order valence-electron chi connectivity index (χ1n) is 10.7. The zero-order valence-electron chi connectivity index (χ0n) is 19.1. The first-order valence-corrected chi connectivity index (χ1v) is 11.9. The molecule has 1 saturated heterocycles. The summed E-state index contributed by atoms with van der Waals surface area (Å²) in [5, 5.41) is 1.90. The number of benzene rings is 3. The third-order valence-electron chi connectivity index (χ3n) is 5.36. The molecular formula is C26H18ClF3N2O4S. The number of carbonyl (C=O) groups is 3. The lowest BCUT2D eigenvalue weighted by molar-refractivity contribution is -0.137. The third-order valence-corrected chi connectivity index (χ3v) is 6.60. The Morgan fingerprint density at radius 1 is 1.08 bits per heavy atom. The summed E-state index contributed by atoms with van der Waals surface area (Å²) >= 11 is 6.76. The van der Waals surface area contributed by atoms with Crippen LogP contribution < -0.4 is 10.1 Å². The predicted octanol–water partition coefficient (Wildman–Crippen LogP) is 6.86. The maximum Gasteiger partial charge on any atom is 0.416 e. The summed E-state index contributed by atoms with van der Waals surface area (Å²) in [5.41, 5.74) is 0.329. The Kier molecular flexibility index (Phi) is 7.60. The van der Waals surface area contributed by atoms with Crippen molar-refractivity contribution in [1.29, 1.82) is 0 Å². The van der Waals surface area contributed by atoms with E-state index in [1.807, 2.05) is 0 Å². The number of hydrogen-bond donors (Lipinski definition) is 1. The van der Waals surface area contributed by atoms with Gasteiger partial charge in [0.05, 0.1) is 34.8 Å². The van der Waals surface area contributed by atoms with Crippen LogP contribution in [-0.4, -0.2) is 29.1 Å². The fraction of sp³-hybridized carbons (Fsp3) is 0.115. The molecule has 11 heteroatoms. The van der Waals surface area contributed by atoms with E-state index in [-0.39, 0.29) is 27.7 Å². The third kappa shape index (κ3) is 6.15. The van der Waals surface area contributed by atoms with Gasteiger partial charge in [-0.3, -0.25) is 19.3 Å². The Bertz CT molecular complexity index is 1410. The zero-order chi connectivity index (χ0) is 26.7. The number of carbonyl (C=O) groups excluding carboxylic acids is 3. The number of methoxy groups -OCH3 is 1. The van der Waals surface area contributed by atoms with Crippen molar-refractivity contribution in [3.8, 4) is 5.75 Å². The SMILES string of the molecule is COc1cccc(/C=C2\SC(=O)N(Cc3ccc(C(=O)Nc4cc(C(F)(F)F)ccc4Cl)cc3)C2=O)c1. The molecule has 0 saturated carbocycles. The maximum absolute atomic E-state index is 13.0. The molecule has 0 aromatic heterocycles. The number of amides is 3. The molecule has 0 unspecified atom stereocenters. The van der Waals surface area contributed by atoms with E-state index in [0.717, 1.165) is 34.9 Å². The zero-order valence-corrected chi connectivity index (χ0v) is 20.7. The van der Waals surface area contributed by atoms with Gasteiger partial charge in [0.1, 0.15) is 5.75 Å². The number of anilines is 1. The van der Waals surface area contributed by atoms with Crippen molar-refractivity contribution in [1.82, 2.24) is 4.90 Å². The molecule has 0 radical (unpaired) electrons. The van der Waals surface area contributed by atoms with Gasteiger partial charge in [-0.15, -0.1) is 0 Å². The van der Waals surface area contributed by atoms with Crippen LogP contribution in [0.15, 0.2) is 71.6 Å². The minimum atomic E-state index is -4.59. The van der Waals surface area contributed by atoms with E-state index in [2.05, 4.69) is 5.32 Å².